The van der Waals surface area contributed by atoms with Crippen LogP contribution >= 0.6 is 0 Å². The van der Waals surface area contributed by atoms with Gasteiger partial charge in [-0.2, -0.15) is 0 Å². The van der Waals surface area contributed by atoms with Gasteiger partial charge in [0.2, 0.25) is 0 Å². The van der Waals surface area contributed by atoms with Gasteiger partial charge in [0.1, 0.15) is 11.6 Å². The molecule has 1 amide bonds. The highest BCUT2D eigenvalue weighted by atomic mass is 16.2. The van der Waals surface area contributed by atoms with Gasteiger partial charge in [-0.1, -0.05) is 0 Å². The van der Waals surface area contributed by atoms with Crippen LogP contribution in [-0.2, 0) is 6.54 Å². The quantitative estimate of drug-likeness (QED) is 0.787. The lowest BCUT2D eigenvalue weighted by Gasteiger charge is -2.33. The lowest BCUT2D eigenvalue weighted by Crippen LogP contribution is -2.36. The second-order valence-corrected chi connectivity index (χ2v) is 7.89. The molecule has 1 saturated heterocycles. The van der Waals surface area contributed by atoms with Crippen LogP contribution in [0.3, 0.4) is 0 Å². The maximum atomic E-state index is 12.3. The van der Waals surface area contributed by atoms with Gasteiger partial charge < -0.3 is 14.4 Å². The Labute approximate surface area is 161 Å². The summed E-state index contributed by atoms with van der Waals surface area (Å²) in [5.41, 5.74) is 0.650. The Kier molecular flexibility index (Phi) is 5.14. The van der Waals surface area contributed by atoms with E-state index in [1.54, 1.807) is 11.1 Å². The van der Waals surface area contributed by atoms with Crippen LogP contribution in [0.5, 0.6) is 0 Å². The van der Waals surface area contributed by atoms with E-state index in [1.807, 2.05) is 32.3 Å². The summed E-state index contributed by atoms with van der Waals surface area (Å²) in [6, 6.07) is 3.88. The molecule has 2 aliphatic rings. The number of pyridine rings is 1. The monoisotopic (exact) mass is 367 g/mol. The van der Waals surface area contributed by atoms with Crippen LogP contribution in [0.2, 0.25) is 0 Å². The predicted molar refractivity (Wildman–Crippen MR) is 106 cm³/mol. The zero-order valence-corrected chi connectivity index (χ0v) is 16.3. The number of piperidine rings is 1. The number of imidazole rings is 1. The van der Waals surface area contributed by atoms with Gasteiger partial charge in [0.15, 0.2) is 0 Å². The molecule has 2 aromatic rings. The molecule has 3 heterocycles. The fourth-order valence-electron chi connectivity index (χ4n) is 3.87. The van der Waals surface area contributed by atoms with Gasteiger partial charge in [-0.15, -0.1) is 0 Å². The second-order valence-electron chi connectivity index (χ2n) is 7.89. The fourth-order valence-corrected chi connectivity index (χ4v) is 3.87. The van der Waals surface area contributed by atoms with Gasteiger partial charge in [0, 0.05) is 57.7 Å². The zero-order chi connectivity index (χ0) is 18.8. The molecule has 6 nitrogen and oxygen atoms in total. The average Bonchev–Trinajstić information content (AvgIpc) is 3.41. The van der Waals surface area contributed by atoms with Gasteiger partial charge in [-0.05, 0) is 50.7 Å². The first-order valence-electron chi connectivity index (χ1n) is 10.1. The Morgan fingerprint density at radius 1 is 1.26 bits per heavy atom. The first kappa shape index (κ1) is 18.0. The van der Waals surface area contributed by atoms with E-state index in [0.717, 1.165) is 37.8 Å². The van der Waals surface area contributed by atoms with E-state index < -0.39 is 0 Å². The lowest BCUT2D eigenvalue weighted by atomic mass is 9.97. The summed E-state index contributed by atoms with van der Waals surface area (Å²) in [4.78, 5) is 25.6. The Balaban J connectivity index is 1.45. The number of hydrogen-bond acceptors (Lipinski definition) is 4. The molecule has 0 N–H and O–H groups in total. The molecule has 6 heteroatoms. The van der Waals surface area contributed by atoms with Crippen molar-refractivity contribution in [3.8, 4) is 0 Å². The highest BCUT2D eigenvalue weighted by Gasteiger charge is 2.28. The maximum absolute atomic E-state index is 12.3. The zero-order valence-electron chi connectivity index (χ0n) is 16.3. The third kappa shape index (κ3) is 3.99. The molecule has 0 unspecified atom stereocenters. The van der Waals surface area contributed by atoms with Crippen molar-refractivity contribution in [3.63, 3.8) is 0 Å². The minimum Gasteiger partial charge on any atom is -0.356 e. The smallest absolute Gasteiger partial charge is 0.255 e. The van der Waals surface area contributed by atoms with Crippen molar-refractivity contribution in [2.75, 3.05) is 31.6 Å². The van der Waals surface area contributed by atoms with E-state index in [0.29, 0.717) is 18.0 Å². The molecule has 2 aromatic heterocycles. The SMILES string of the molecule is CCN(C)C(=O)c1ccc(N2CCC[C@H](c3nccn3CC3CC3)C2)nc1. The van der Waals surface area contributed by atoms with E-state index in [2.05, 4.69) is 25.6 Å². The number of carbonyl (C=O) groups is 1. The van der Waals surface area contributed by atoms with Gasteiger partial charge in [0.05, 0.1) is 5.56 Å². The van der Waals surface area contributed by atoms with Crippen molar-refractivity contribution < 1.29 is 4.79 Å². The lowest BCUT2D eigenvalue weighted by molar-refractivity contribution is 0.0802. The molecule has 1 aliphatic carbocycles. The van der Waals surface area contributed by atoms with E-state index in [4.69, 9.17) is 0 Å². The largest absolute Gasteiger partial charge is 0.356 e. The van der Waals surface area contributed by atoms with E-state index in [9.17, 15) is 4.79 Å². The molecule has 0 radical (unpaired) electrons. The Bertz CT molecular complexity index is 780. The van der Waals surface area contributed by atoms with Crippen LogP contribution in [0.15, 0.2) is 30.7 Å². The van der Waals surface area contributed by atoms with Crippen LogP contribution in [0.4, 0.5) is 5.82 Å². The first-order valence-corrected chi connectivity index (χ1v) is 10.1. The van der Waals surface area contributed by atoms with Crippen LogP contribution in [0, 0.1) is 5.92 Å². The second kappa shape index (κ2) is 7.71. The average molecular weight is 367 g/mol. The van der Waals surface area contributed by atoms with E-state index >= 15 is 0 Å². The Morgan fingerprint density at radius 3 is 2.81 bits per heavy atom. The molecule has 1 saturated carbocycles. The molecule has 2 fully saturated rings. The summed E-state index contributed by atoms with van der Waals surface area (Å²) in [5.74, 6) is 3.50. The summed E-state index contributed by atoms with van der Waals surface area (Å²) >= 11 is 0. The van der Waals surface area contributed by atoms with E-state index in [-0.39, 0.29) is 5.91 Å². The van der Waals surface area contributed by atoms with Crippen molar-refractivity contribution in [3.05, 3.63) is 42.1 Å². The number of aromatic nitrogens is 3. The predicted octanol–water partition coefficient (Wildman–Crippen LogP) is 3.16. The molecule has 144 valence electrons. The fraction of sp³-hybridized carbons (Fsp3) is 0.571. The highest BCUT2D eigenvalue weighted by Crippen LogP contribution is 2.33. The van der Waals surface area contributed by atoms with Gasteiger partial charge in [-0.3, -0.25) is 4.79 Å². The van der Waals surface area contributed by atoms with Crippen LogP contribution in [0.25, 0.3) is 0 Å². The van der Waals surface area contributed by atoms with Crippen molar-refractivity contribution >= 4 is 11.7 Å². The maximum Gasteiger partial charge on any atom is 0.255 e. The molecule has 0 spiro atoms. The van der Waals surface area contributed by atoms with Crippen LogP contribution < -0.4 is 4.90 Å². The molecular formula is C21H29N5O. The highest BCUT2D eigenvalue weighted by molar-refractivity contribution is 5.93. The minimum atomic E-state index is 0.0233. The van der Waals surface area contributed by atoms with Crippen LogP contribution in [-0.4, -0.2) is 52.0 Å². The summed E-state index contributed by atoms with van der Waals surface area (Å²) in [6.45, 7) is 5.74. The third-order valence-electron chi connectivity index (χ3n) is 5.83. The molecule has 1 atom stereocenters. The Morgan fingerprint density at radius 2 is 2.11 bits per heavy atom. The normalized spacial score (nSPS) is 19.9. The number of carbonyl (C=O) groups excluding carboxylic acids is 1. The molecule has 4 rings (SSSR count). The number of anilines is 1. The van der Waals surface area contributed by atoms with Gasteiger partial charge in [-0.25, -0.2) is 9.97 Å². The molecule has 0 aromatic carbocycles. The molecule has 27 heavy (non-hydrogen) atoms. The number of hydrogen-bond donors (Lipinski definition) is 0. The Hall–Kier alpha value is -2.37. The minimum absolute atomic E-state index is 0.0233. The summed E-state index contributed by atoms with van der Waals surface area (Å²) < 4.78 is 2.36. The number of amides is 1. The molecule has 0 bridgehead atoms. The van der Waals surface area contributed by atoms with E-state index in [1.165, 1.54) is 25.1 Å². The summed E-state index contributed by atoms with van der Waals surface area (Å²) in [6.07, 6.45) is 10.8. The van der Waals surface area contributed by atoms with Gasteiger partial charge >= 0.3 is 0 Å². The van der Waals surface area contributed by atoms with Crippen molar-refractivity contribution in [2.45, 2.75) is 45.1 Å². The van der Waals surface area contributed by atoms with Crippen LogP contribution in [0.1, 0.15) is 54.7 Å². The standard InChI is InChI=1S/C21H29N5O/c1-3-24(2)21(27)17-8-9-19(23-13-17)25-11-4-5-18(15-25)20-22-10-12-26(20)14-16-6-7-16/h8-10,12-13,16,18H,3-7,11,14-15H2,1-2H3/t18-/m0/s1. The third-order valence-corrected chi connectivity index (χ3v) is 5.83. The summed E-state index contributed by atoms with van der Waals surface area (Å²) in [7, 11) is 1.81. The number of nitrogens with zero attached hydrogens (tertiary/aromatic N) is 5. The van der Waals surface area contributed by atoms with Gasteiger partial charge in [0.25, 0.3) is 5.91 Å². The van der Waals surface area contributed by atoms with Crippen molar-refractivity contribution in [2.24, 2.45) is 5.92 Å². The first-order chi connectivity index (χ1) is 13.2. The molecular weight excluding hydrogens is 338 g/mol. The van der Waals surface area contributed by atoms with Crippen molar-refractivity contribution in [1.29, 1.82) is 0 Å². The summed E-state index contributed by atoms with van der Waals surface area (Å²) in [5, 5.41) is 0. The molecule has 1 aliphatic heterocycles. The topological polar surface area (TPSA) is 54.3 Å². The number of rotatable bonds is 6. The van der Waals surface area contributed by atoms with Crippen molar-refractivity contribution in [1.82, 2.24) is 19.4 Å².